The van der Waals surface area contributed by atoms with Crippen molar-refractivity contribution in [2.75, 3.05) is 31.6 Å². The number of carbonyl (C=O) groups is 1. The van der Waals surface area contributed by atoms with Gasteiger partial charge in [0, 0.05) is 31.0 Å². The number of hydrogen-bond acceptors (Lipinski definition) is 4. The molecule has 1 rings (SSSR count). The molecule has 5 nitrogen and oxygen atoms in total. The first kappa shape index (κ1) is 17.4. The van der Waals surface area contributed by atoms with Crippen molar-refractivity contribution in [3.8, 4) is 0 Å². The summed E-state index contributed by atoms with van der Waals surface area (Å²) in [6.07, 6.45) is 3.20. The second-order valence-electron chi connectivity index (χ2n) is 5.03. The Labute approximate surface area is 127 Å². The molecule has 1 aromatic heterocycles. The van der Waals surface area contributed by atoms with Gasteiger partial charge in [-0.3, -0.25) is 4.79 Å². The van der Waals surface area contributed by atoms with Crippen LogP contribution >= 0.6 is 0 Å². The van der Waals surface area contributed by atoms with Crippen LogP contribution in [0.3, 0.4) is 0 Å². The van der Waals surface area contributed by atoms with Gasteiger partial charge in [-0.1, -0.05) is 20.3 Å². The fraction of sp³-hybridized carbons (Fsp3) is 0.625. The van der Waals surface area contributed by atoms with E-state index in [0.29, 0.717) is 18.7 Å². The van der Waals surface area contributed by atoms with E-state index in [9.17, 15) is 4.79 Å². The number of nitrogens with zero attached hydrogens (tertiary/aromatic N) is 1. The number of hydrogen-bond donors (Lipinski definition) is 2. The predicted octanol–water partition coefficient (Wildman–Crippen LogP) is 2.76. The normalized spacial score (nSPS) is 10.4. The van der Waals surface area contributed by atoms with Gasteiger partial charge < -0.3 is 15.4 Å². The molecule has 0 aromatic carbocycles. The fourth-order valence-electron chi connectivity index (χ4n) is 1.83. The van der Waals surface area contributed by atoms with Gasteiger partial charge in [0.25, 0.3) is 5.91 Å². The number of unbranched alkanes of at least 4 members (excludes halogenated alkanes) is 1. The largest absolute Gasteiger partial charge is 0.380 e. The van der Waals surface area contributed by atoms with Crippen molar-refractivity contribution in [3.63, 3.8) is 0 Å². The minimum Gasteiger partial charge on any atom is -0.380 e. The average Bonchev–Trinajstić information content (AvgIpc) is 2.48. The summed E-state index contributed by atoms with van der Waals surface area (Å²) in [6.45, 7) is 8.80. The molecule has 0 radical (unpaired) electrons. The first-order valence-corrected chi connectivity index (χ1v) is 7.75. The summed E-state index contributed by atoms with van der Waals surface area (Å²) in [6, 6.07) is 3.58. The number of aryl methyl sites for hydroxylation is 1. The molecule has 1 amide bonds. The zero-order chi connectivity index (χ0) is 15.5. The van der Waals surface area contributed by atoms with Crippen molar-refractivity contribution in [1.82, 2.24) is 10.3 Å². The second kappa shape index (κ2) is 10.2. The van der Waals surface area contributed by atoms with E-state index in [4.69, 9.17) is 4.74 Å². The van der Waals surface area contributed by atoms with Crippen LogP contribution in [0.2, 0.25) is 0 Å². The molecule has 0 bridgehead atoms. The molecule has 0 unspecified atom stereocenters. The Morgan fingerprint density at radius 2 is 2.00 bits per heavy atom. The van der Waals surface area contributed by atoms with Crippen LogP contribution in [0.1, 0.15) is 49.2 Å². The molecule has 0 aliphatic rings. The Balaban J connectivity index is 2.44. The van der Waals surface area contributed by atoms with Crippen molar-refractivity contribution >= 4 is 11.7 Å². The van der Waals surface area contributed by atoms with Gasteiger partial charge in [-0.2, -0.15) is 0 Å². The van der Waals surface area contributed by atoms with Gasteiger partial charge in [-0.05, 0) is 31.9 Å². The summed E-state index contributed by atoms with van der Waals surface area (Å²) in [5.41, 5.74) is 1.47. The number of anilines is 1. The van der Waals surface area contributed by atoms with Gasteiger partial charge in [0.1, 0.15) is 5.82 Å². The average molecular weight is 293 g/mol. The maximum atomic E-state index is 12.1. The minimum atomic E-state index is -0.0841. The summed E-state index contributed by atoms with van der Waals surface area (Å²) in [7, 11) is 0. The molecule has 2 N–H and O–H groups in total. The smallest absolute Gasteiger partial charge is 0.251 e. The molecule has 5 heteroatoms. The van der Waals surface area contributed by atoms with Crippen molar-refractivity contribution in [2.24, 2.45) is 0 Å². The lowest BCUT2D eigenvalue weighted by molar-refractivity contribution is 0.0912. The Kier molecular flexibility index (Phi) is 8.43. The molecule has 0 atom stereocenters. The summed E-state index contributed by atoms with van der Waals surface area (Å²) < 4.78 is 5.42. The number of aromatic nitrogens is 1. The van der Waals surface area contributed by atoms with E-state index < -0.39 is 0 Å². The third kappa shape index (κ3) is 7.09. The van der Waals surface area contributed by atoms with Crippen molar-refractivity contribution in [2.45, 2.75) is 40.0 Å². The van der Waals surface area contributed by atoms with Crippen LogP contribution in [0.15, 0.2) is 12.1 Å². The highest BCUT2D eigenvalue weighted by atomic mass is 16.5. The van der Waals surface area contributed by atoms with Crippen LogP contribution < -0.4 is 10.6 Å². The van der Waals surface area contributed by atoms with Gasteiger partial charge in [-0.25, -0.2) is 4.98 Å². The second-order valence-corrected chi connectivity index (χ2v) is 5.03. The Morgan fingerprint density at radius 1 is 1.19 bits per heavy atom. The van der Waals surface area contributed by atoms with Crippen LogP contribution in [0.25, 0.3) is 0 Å². The van der Waals surface area contributed by atoms with Gasteiger partial charge in [-0.15, -0.1) is 0 Å². The third-order valence-electron chi connectivity index (χ3n) is 2.95. The van der Waals surface area contributed by atoms with Gasteiger partial charge in [0.05, 0.1) is 6.61 Å². The van der Waals surface area contributed by atoms with E-state index in [1.807, 2.05) is 6.92 Å². The Morgan fingerprint density at radius 3 is 2.71 bits per heavy atom. The number of amides is 1. The molecule has 0 saturated heterocycles. The van der Waals surface area contributed by atoms with Crippen LogP contribution in [-0.4, -0.2) is 37.2 Å². The summed E-state index contributed by atoms with van der Waals surface area (Å²) >= 11 is 0. The zero-order valence-electron chi connectivity index (χ0n) is 13.4. The van der Waals surface area contributed by atoms with Crippen LogP contribution in [0.5, 0.6) is 0 Å². The van der Waals surface area contributed by atoms with Crippen molar-refractivity contribution < 1.29 is 9.53 Å². The van der Waals surface area contributed by atoms with E-state index in [-0.39, 0.29) is 5.91 Å². The van der Waals surface area contributed by atoms with Crippen LogP contribution in [0.4, 0.5) is 5.82 Å². The predicted molar refractivity (Wildman–Crippen MR) is 85.8 cm³/mol. The maximum Gasteiger partial charge on any atom is 0.251 e. The Hall–Kier alpha value is -1.62. The maximum absolute atomic E-state index is 12.1. The highest BCUT2D eigenvalue weighted by Gasteiger charge is 2.08. The van der Waals surface area contributed by atoms with Gasteiger partial charge >= 0.3 is 0 Å². The lowest BCUT2D eigenvalue weighted by Crippen LogP contribution is -2.27. The van der Waals surface area contributed by atoms with E-state index in [2.05, 4.69) is 29.5 Å². The molecule has 0 aliphatic heterocycles. The van der Waals surface area contributed by atoms with Crippen LogP contribution in [-0.2, 0) is 4.74 Å². The monoisotopic (exact) mass is 293 g/mol. The van der Waals surface area contributed by atoms with Gasteiger partial charge in [0.2, 0.25) is 0 Å². The molecular weight excluding hydrogens is 266 g/mol. The topological polar surface area (TPSA) is 63.2 Å². The molecule has 0 saturated carbocycles. The summed E-state index contributed by atoms with van der Waals surface area (Å²) in [4.78, 5) is 16.5. The number of pyridine rings is 1. The molecule has 21 heavy (non-hydrogen) atoms. The van der Waals surface area contributed by atoms with Crippen molar-refractivity contribution in [1.29, 1.82) is 0 Å². The molecule has 1 heterocycles. The number of carbonyl (C=O) groups excluding carboxylic acids is 1. The lowest BCUT2D eigenvalue weighted by atomic mass is 10.2. The number of ether oxygens (including phenoxy) is 1. The SMILES string of the molecule is CCCCOCCNC(=O)c1cc(C)nc(NCCC)c1. The standard InChI is InChI=1S/C16H27N3O2/c1-4-6-9-21-10-8-18-16(20)14-11-13(3)19-15(12-14)17-7-5-2/h11-12H,4-10H2,1-3H3,(H,17,19)(H,18,20). The molecule has 0 fully saturated rings. The molecule has 0 aliphatic carbocycles. The first-order valence-electron chi connectivity index (χ1n) is 7.75. The highest BCUT2D eigenvalue weighted by Crippen LogP contribution is 2.10. The summed E-state index contributed by atoms with van der Waals surface area (Å²) in [5.74, 6) is 0.667. The van der Waals surface area contributed by atoms with Crippen LogP contribution in [0, 0.1) is 6.92 Å². The highest BCUT2D eigenvalue weighted by molar-refractivity contribution is 5.94. The first-order chi connectivity index (χ1) is 10.2. The van der Waals surface area contributed by atoms with E-state index in [1.165, 1.54) is 0 Å². The fourth-order valence-corrected chi connectivity index (χ4v) is 1.83. The number of rotatable bonds is 10. The van der Waals surface area contributed by atoms with E-state index in [0.717, 1.165) is 43.9 Å². The zero-order valence-corrected chi connectivity index (χ0v) is 13.4. The Bertz CT molecular complexity index is 436. The van der Waals surface area contributed by atoms with Gasteiger partial charge in [0.15, 0.2) is 0 Å². The third-order valence-corrected chi connectivity index (χ3v) is 2.95. The van der Waals surface area contributed by atoms with E-state index >= 15 is 0 Å². The van der Waals surface area contributed by atoms with Crippen molar-refractivity contribution in [3.05, 3.63) is 23.4 Å². The molecule has 118 valence electrons. The molecular formula is C16H27N3O2. The molecule has 1 aromatic rings. The molecule has 0 spiro atoms. The quantitative estimate of drug-likeness (QED) is 0.651. The number of nitrogens with one attached hydrogen (secondary N) is 2. The lowest BCUT2D eigenvalue weighted by Gasteiger charge is -2.09. The minimum absolute atomic E-state index is 0.0841. The van der Waals surface area contributed by atoms with E-state index in [1.54, 1.807) is 12.1 Å². The summed E-state index contributed by atoms with van der Waals surface area (Å²) in [5, 5.41) is 6.07.